The summed E-state index contributed by atoms with van der Waals surface area (Å²) in [6.45, 7) is 0.150. The van der Waals surface area contributed by atoms with Crippen LogP contribution in [0.4, 0.5) is 10.5 Å². The predicted octanol–water partition coefficient (Wildman–Crippen LogP) is 4.69. The maximum absolute atomic E-state index is 12.5. The maximum Gasteiger partial charge on any atom is 0.293 e. The van der Waals surface area contributed by atoms with E-state index in [4.69, 9.17) is 23.2 Å². The first-order valence-corrected chi connectivity index (χ1v) is 11.0. The van der Waals surface area contributed by atoms with Gasteiger partial charge in [0.2, 0.25) is 5.91 Å². The molecule has 11 heteroatoms. The van der Waals surface area contributed by atoms with Gasteiger partial charge < -0.3 is 5.32 Å². The molecule has 166 valence electrons. The fourth-order valence-corrected chi connectivity index (χ4v) is 4.20. The van der Waals surface area contributed by atoms with Crippen LogP contribution in [0.5, 0.6) is 0 Å². The molecule has 0 spiro atoms. The fourth-order valence-electron chi connectivity index (χ4n) is 2.92. The molecule has 3 rings (SSSR count). The summed E-state index contributed by atoms with van der Waals surface area (Å²) in [5.74, 6) is -0.715. The lowest BCUT2D eigenvalue weighted by Gasteiger charge is -2.13. The predicted molar refractivity (Wildman–Crippen MR) is 124 cm³/mol. The number of imide groups is 1. The number of nitrogens with one attached hydrogen (secondary N) is 1. The van der Waals surface area contributed by atoms with Gasteiger partial charge in [0, 0.05) is 31.6 Å². The molecule has 1 fully saturated rings. The Bertz CT molecular complexity index is 1110. The highest BCUT2D eigenvalue weighted by Gasteiger charge is 2.34. The molecule has 1 N–H and O–H groups in total. The van der Waals surface area contributed by atoms with E-state index in [1.54, 1.807) is 18.2 Å². The number of nitrogens with zero attached hydrogens (tertiary/aromatic N) is 2. The number of benzene rings is 2. The molecule has 0 aromatic heterocycles. The Morgan fingerprint density at radius 2 is 1.88 bits per heavy atom. The molecule has 1 heterocycles. The van der Waals surface area contributed by atoms with Gasteiger partial charge in [0.1, 0.15) is 0 Å². The Hall–Kier alpha value is -2.88. The summed E-state index contributed by atoms with van der Waals surface area (Å²) >= 11 is 12.9. The lowest BCUT2D eigenvalue weighted by molar-refractivity contribution is -0.384. The maximum atomic E-state index is 12.5. The number of halogens is 2. The number of amides is 3. The Morgan fingerprint density at radius 3 is 2.56 bits per heavy atom. The summed E-state index contributed by atoms with van der Waals surface area (Å²) in [6.07, 6.45) is 2.09. The topological polar surface area (TPSA) is 110 Å². The van der Waals surface area contributed by atoms with E-state index in [-0.39, 0.29) is 36.0 Å². The van der Waals surface area contributed by atoms with Crippen LogP contribution in [-0.2, 0) is 16.0 Å². The minimum Gasteiger partial charge on any atom is -0.354 e. The van der Waals surface area contributed by atoms with E-state index in [1.165, 1.54) is 30.3 Å². The van der Waals surface area contributed by atoms with Gasteiger partial charge in [0.15, 0.2) is 0 Å². The molecule has 1 aliphatic heterocycles. The van der Waals surface area contributed by atoms with Gasteiger partial charge in [-0.25, -0.2) is 0 Å². The first kappa shape index (κ1) is 23.8. The normalized spacial score (nSPS) is 14.8. The van der Waals surface area contributed by atoms with E-state index < -0.39 is 16.1 Å². The number of nitro groups is 1. The summed E-state index contributed by atoms with van der Waals surface area (Å²) in [5, 5.41) is 13.8. The number of thioether (sulfide) groups is 1. The van der Waals surface area contributed by atoms with Crippen molar-refractivity contribution >= 4 is 63.8 Å². The van der Waals surface area contributed by atoms with Crippen molar-refractivity contribution in [3.8, 4) is 0 Å². The van der Waals surface area contributed by atoms with E-state index >= 15 is 0 Å². The molecular weight excluding hydrogens is 477 g/mol. The second kappa shape index (κ2) is 10.6. The monoisotopic (exact) mass is 493 g/mol. The molecular formula is C21H17Cl2N3O5S. The largest absolute Gasteiger partial charge is 0.354 e. The average Bonchev–Trinajstić information content (AvgIpc) is 3.02. The lowest BCUT2D eigenvalue weighted by atomic mass is 10.1. The number of nitro benzene ring substituents is 1. The zero-order valence-corrected chi connectivity index (χ0v) is 18.9. The quantitative estimate of drug-likeness (QED) is 0.324. The average molecular weight is 494 g/mol. The highest BCUT2D eigenvalue weighted by molar-refractivity contribution is 8.18. The second-order valence-electron chi connectivity index (χ2n) is 6.74. The van der Waals surface area contributed by atoms with Gasteiger partial charge >= 0.3 is 0 Å². The Balaban J connectivity index is 1.50. The van der Waals surface area contributed by atoms with Crippen molar-refractivity contribution < 1.29 is 19.3 Å². The summed E-state index contributed by atoms with van der Waals surface area (Å²) in [6, 6.07) is 10.9. The highest BCUT2D eigenvalue weighted by Crippen LogP contribution is 2.32. The smallest absolute Gasteiger partial charge is 0.293 e. The summed E-state index contributed by atoms with van der Waals surface area (Å²) in [7, 11) is 0. The van der Waals surface area contributed by atoms with Crippen LogP contribution in [0, 0.1) is 10.1 Å². The third kappa shape index (κ3) is 5.87. The SMILES string of the molecule is O=C(CCc1cccc(Cl)c1Cl)NCCN1C(=O)S/C(=C\c2ccc([N+](=O)[O-])cc2)C1=O. The molecule has 8 nitrogen and oxygen atoms in total. The van der Waals surface area contributed by atoms with Crippen LogP contribution in [-0.4, -0.2) is 40.0 Å². The molecule has 32 heavy (non-hydrogen) atoms. The Kier molecular flexibility index (Phi) is 7.89. The molecule has 0 bridgehead atoms. The van der Waals surface area contributed by atoms with Crippen molar-refractivity contribution in [3.05, 3.63) is 78.7 Å². The van der Waals surface area contributed by atoms with Gasteiger partial charge in [0.25, 0.3) is 16.8 Å². The van der Waals surface area contributed by atoms with Crippen molar-refractivity contribution in [3.63, 3.8) is 0 Å². The number of hydrogen-bond acceptors (Lipinski definition) is 6. The van der Waals surface area contributed by atoms with Crippen LogP contribution < -0.4 is 5.32 Å². The van der Waals surface area contributed by atoms with Crippen molar-refractivity contribution in [2.45, 2.75) is 12.8 Å². The molecule has 2 aromatic rings. The van der Waals surface area contributed by atoms with Crippen LogP contribution in [0.1, 0.15) is 17.5 Å². The Morgan fingerprint density at radius 1 is 1.16 bits per heavy atom. The van der Waals surface area contributed by atoms with E-state index in [2.05, 4.69) is 5.32 Å². The van der Waals surface area contributed by atoms with Gasteiger partial charge in [-0.3, -0.25) is 29.4 Å². The lowest BCUT2D eigenvalue weighted by Crippen LogP contribution is -2.37. The van der Waals surface area contributed by atoms with Crippen LogP contribution >= 0.6 is 35.0 Å². The molecule has 1 saturated heterocycles. The molecule has 0 saturated carbocycles. The van der Waals surface area contributed by atoms with Gasteiger partial charge in [-0.2, -0.15) is 0 Å². The van der Waals surface area contributed by atoms with Gasteiger partial charge in [-0.15, -0.1) is 0 Å². The van der Waals surface area contributed by atoms with Crippen molar-refractivity contribution in [2.24, 2.45) is 0 Å². The van der Waals surface area contributed by atoms with E-state index in [1.807, 2.05) is 0 Å². The number of rotatable bonds is 8. The van der Waals surface area contributed by atoms with Gasteiger partial charge in [-0.1, -0.05) is 35.3 Å². The van der Waals surface area contributed by atoms with E-state index in [0.29, 0.717) is 22.0 Å². The standard InChI is InChI=1S/C21H17Cl2N3O5S/c22-16-3-1-2-14(19(16)23)6-9-18(27)24-10-11-25-20(28)17(32-21(25)29)12-13-4-7-15(8-5-13)26(30)31/h1-5,7-8,12H,6,9-11H2,(H,24,27)/b17-12-. The van der Waals surface area contributed by atoms with Crippen LogP contribution in [0.25, 0.3) is 6.08 Å². The first-order chi connectivity index (χ1) is 15.3. The van der Waals surface area contributed by atoms with Crippen LogP contribution in [0.2, 0.25) is 10.0 Å². The summed E-state index contributed by atoms with van der Waals surface area (Å²) in [4.78, 5) is 48.3. The summed E-state index contributed by atoms with van der Waals surface area (Å²) in [5.41, 5.74) is 1.26. The van der Waals surface area contributed by atoms with Crippen molar-refractivity contribution in [1.82, 2.24) is 10.2 Å². The van der Waals surface area contributed by atoms with Crippen LogP contribution in [0.3, 0.4) is 0 Å². The Labute approximate surface area is 197 Å². The fraction of sp³-hybridized carbons (Fsp3) is 0.190. The minimum absolute atomic E-state index is 0.0337. The van der Waals surface area contributed by atoms with Crippen molar-refractivity contribution in [2.75, 3.05) is 13.1 Å². The minimum atomic E-state index is -0.518. The zero-order chi connectivity index (χ0) is 23.3. The third-order valence-electron chi connectivity index (χ3n) is 4.59. The second-order valence-corrected chi connectivity index (χ2v) is 8.52. The van der Waals surface area contributed by atoms with Crippen LogP contribution in [0.15, 0.2) is 47.4 Å². The number of hydrogen-bond donors (Lipinski definition) is 1. The molecule has 1 aliphatic rings. The van der Waals surface area contributed by atoms with E-state index in [0.717, 1.165) is 22.2 Å². The molecule has 0 aliphatic carbocycles. The summed E-state index contributed by atoms with van der Waals surface area (Å²) < 4.78 is 0. The van der Waals surface area contributed by atoms with Gasteiger partial charge in [-0.05, 0) is 53.6 Å². The van der Waals surface area contributed by atoms with E-state index in [9.17, 15) is 24.5 Å². The first-order valence-electron chi connectivity index (χ1n) is 9.45. The molecule has 0 unspecified atom stereocenters. The number of carbonyl (C=O) groups is 3. The van der Waals surface area contributed by atoms with Gasteiger partial charge in [0.05, 0.1) is 19.9 Å². The molecule has 3 amide bonds. The number of non-ortho nitro benzene ring substituents is 1. The number of carbonyl (C=O) groups excluding carboxylic acids is 3. The molecule has 0 radical (unpaired) electrons. The molecule has 2 aromatic carbocycles. The molecule has 0 atom stereocenters. The zero-order valence-electron chi connectivity index (χ0n) is 16.5. The highest BCUT2D eigenvalue weighted by atomic mass is 35.5. The van der Waals surface area contributed by atoms with Crippen molar-refractivity contribution in [1.29, 1.82) is 0 Å². The number of aryl methyl sites for hydroxylation is 1. The third-order valence-corrected chi connectivity index (χ3v) is 6.35.